The quantitative estimate of drug-likeness (QED) is 0.647. The van der Waals surface area contributed by atoms with Gasteiger partial charge in [-0.2, -0.15) is 0 Å². The second-order valence-corrected chi connectivity index (χ2v) is 6.94. The first kappa shape index (κ1) is 13.1. The zero-order valence-corrected chi connectivity index (χ0v) is 12.6. The Balaban J connectivity index is 1.71. The molecule has 0 radical (unpaired) electrons. The van der Waals surface area contributed by atoms with Gasteiger partial charge in [0.15, 0.2) is 0 Å². The summed E-state index contributed by atoms with van der Waals surface area (Å²) >= 11 is 0. The van der Waals surface area contributed by atoms with E-state index in [1.807, 2.05) is 0 Å². The second-order valence-electron chi connectivity index (χ2n) is 6.94. The molecule has 1 saturated heterocycles. The van der Waals surface area contributed by atoms with Crippen LogP contribution >= 0.6 is 0 Å². The Bertz CT molecular complexity index is 568. The lowest BCUT2D eigenvalue weighted by Crippen LogP contribution is -2.27. The number of anilines is 1. The molecule has 2 unspecified atom stereocenters. The molecule has 21 heavy (non-hydrogen) atoms. The lowest BCUT2D eigenvalue weighted by atomic mass is 9.94. The average Bonchev–Trinajstić information content (AvgIpc) is 3.07. The molecule has 2 heterocycles. The number of hydrogen-bond donors (Lipinski definition) is 2. The molecule has 4 nitrogen and oxygen atoms in total. The van der Waals surface area contributed by atoms with Gasteiger partial charge in [0, 0.05) is 18.8 Å². The highest BCUT2D eigenvalue weighted by Gasteiger charge is 2.37. The van der Waals surface area contributed by atoms with Crippen molar-refractivity contribution in [2.24, 2.45) is 17.6 Å². The minimum atomic E-state index is 0.169. The topological polar surface area (TPSA) is 66.0 Å². The third-order valence-electron chi connectivity index (χ3n) is 5.60. The third-order valence-corrected chi connectivity index (χ3v) is 5.60. The molecule has 1 aromatic rings. The smallest absolute Gasteiger partial charge is 0.139 e. The lowest BCUT2D eigenvalue weighted by molar-refractivity contribution is 0.494. The van der Waals surface area contributed by atoms with Crippen LogP contribution in [0.15, 0.2) is 6.07 Å². The van der Waals surface area contributed by atoms with Crippen LogP contribution in [0.1, 0.15) is 48.9 Å². The van der Waals surface area contributed by atoms with Crippen LogP contribution in [-0.2, 0) is 12.8 Å². The third kappa shape index (κ3) is 2.21. The number of nitrogens with zero attached hydrogens (tertiary/aromatic N) is 2. The first-order chi connectivity index (χ1) is 10.2. The predicted octanol–water partition coefficient (Wildman–Crippen LogP) is 2.48. The van der Waals surface area contributed by atoms with Gasteiger partial charge in [0.2, 0.25) is 0 Å². The largest absolute Gasteiger partial charge is 0.384 e. The minimum Gasteiger partial charge on any atom is -0.384 e. The van der Waals surface area contributed by atoms with E-state index >= 15 is 0 Å². The lowest BCUT2D eigenvalue weighted by Gasteiger charge is -2.25. The number of aryl methyl sites for hydroxylation is 2. The number of nitrogens with one attached hydrogen (secondary N) is 1. The summed E-state index contributed by atoms with van der Waals surface area (Å²) in [5, 5.41) is 7.93. The van der Waals surface area contributed by atoms with Crippen molar-refractivity contribution in [3.8, 4) is 0 Å². The molecular weight excluding hydrogens is 260 g/mol. The van der Waals surface area contributed by atoms with Gasteiger partial charge >= 0.3 is 0 Å². The predicted molar refractivity (Wildman–Crippen MR) is 84.9 cm³/mol. The Hall–Kier alpha value is -1.58. The van der Waals surface area contributed by atoms with E-state index in [-0.39, 0.29) is 5.84 Å². The fourth-order valence-electron chi connectivity index (χ4n) is 4.47. The van der Waals surface area contributed by atoms with E-state index in [1.165, 1.54) is 43.4 Å². The summed E-state index contributed by atoms with van der Waals surface area (Å²) in [6.45, 7) is 2.22. The van der Waals surface area contributed by atoms with Crippen LogP contribution in [0.5, 0.6) is 0 Å². The van der Waals surface area contributed by atoms with Crippen molar-refractivity contribution in [3.63, 3.8) is 0 Å². The average molecular weight is 284 g/mol. The van der Waals surface area contributed by atoms with Gasteiger partial charge in [0.05, 0.1) is 5.56 Å². The summed E-state index contributed by atoms with van der Waals surface area (Å²) in [7, 11) is 0. The van der Waals surface area contributed by atoms with Crippen LogP contribution in [0.2, 0.25) is 0 Å². The first-order valence-electron chi connectivity index (χ1n) is 8.34. The van der Waals surface area contributed by atoms with Gasteiger partial charge in [0.25, 0.3) is 0 Å². The summed E-state index contributed by atoms with van der Waals surface area (Å²) in [6.07, 6.45) is 8.77. The fourth-order valence-corrected chi connectivity index (χ4v) is 4.47. The maximum Gasteiger partial charge on any atom is 0.139 e. The van der Waals surface area contributed by atoms with Crippen LogP contribution in [-0.4, -0.2) is 23.9 Å². The zero-order valence-electron chi connectivity index (χ0n) is 12.6. The van der Waals surface area contributed by atoms with E-state index in [0.717, 1.165) is 49.1 Å². The Labute approximate surface area is 126 Å². The number of fused-ring (bicyclic) bond motifs is 2. The molecule has 1 saturated carbocycles. The molecule has 0 spiro atoms. The molecule has 3 aliphatic rings. The van der Waals surface area contributed by atoms with Gasteiger partial charge < -0.3 is 10.6 Å². The van der Waals surface area contributed by atoms with Crippen LogP contribution in [0, 0.1) is 17.2 Å². The van der Waals surface area contributed by atoms with E-state index in [1.54, 1.807) is 0 Å². The van der Waals surface area contributed by atoms with Gasteiger partial charge in [-0.1, -0.05) is 6.42 Å². The van der Waals surface area contributed by atoms with Crippen molar-refractivity contribution >= 4 is 11.7 Å². The van der Waals surface area contributed by atoms with Gasteiger partial charge in [-0.25, -0.2) is 4.98 Å². The minimum absolute atomic E-state index is 0.169. The first-order valence-corrected chi connectivity index (χ1v) is 8.34. The normalized spacial score (nSPS) is 27.5. The van der Waals surface area contributed by atoms with Crippen LogP contribution in [0.4, 0.5) is 5.82 Å². The Morgan fingerprint density at radius 2 is 1.86 bits per heavy atom. The van der Waals surface area contributed by atoms with Gasteiger partial charge in [-0.3, -0.25) is 5.41 Å². The van der Waals surface area contributed by atoms with Crippen molar-refractivity contribution in [1.82, 2.24) is 4.98 Å². The molecule has 0 amide bonds. The standard InChI is InChI=1S/C17H24N4/c18-16(19)14-8-11-4-1-2-7-15(11)20-17(14)21-9-12-5-3-6-13(12)10-21/h8,12-13H,1-7,9-10H2,(H3,18,19). The molecule has 1 aliphatic heterocycles. The zero-order chi connectivity index (χ0) is 14.4. The number of rotatable bonds is 2. The summed E-state index contributed by atoms with van der Waals surface area (Å²) < 4.78 is 0. The highest BCUT2D eigenvalue weighted by molar-refractivity contribution is 6.00. The van der Waals surface area contributed by atoms with Gasteiger partial charge in [-0.15, -0.1) is 0 Å². The molecule has 3 N–H and O–H groups in total. The second kappa shape index (κ2) is 5.00. The number of nitrogen functional groups attached to an aromatic ring is 1. The Kier molecular flexibility index (Phi) is 3.12. The molecule has 112 valence electrons. The van der Waals surface area contributed by atoms with Gasteiger partial charge in [0.1, 0.15) is 11.7 Å². The van der Waals surface area contributed by atoms with Gasteiger partial charge in [-0.05, 0) is 62.0 Å². The maximum absolute atomic E-state index is 7.93. The Morgan fingerprint density at radius 1 is 1.14 bits per heavy atom. The van der Waals surface area contributed by atoms with Crippen molar-refractivity contribution in [2.45, 2.75) is 44.9 Å². The van der Waals surface area contributed by atoms with E-state index in [4.69, 9.17) is 16.1 Å². The molecule has 2 aliphatic carbocycles. The maximum atomic E-state index is 7.93. The van der Waals surface area contributed by atoms with E-state index in [9.17, 15) is 0 Å². The van der Waals surface area contributed by atoms with Crippen LogP contribution < -0.4 is 10.6 Å². The number of pyridine rings is 1. The molecule has 4 rings (SSSR count). The molecule has 2 fully saturated rings. The summed E-state index contributed by atoms with van der Waals surface area (Å²) in [5.41, 5.74) is 9.27. The molecule has 0 bridgehead atoms. The Morgan fingerprint density at radius 3 is 2.57 bits per heavy atom. The van der Waals surface area contributed by atoms with Crippen LogP contribution in [0.3, 0.4) is 0 Å². The number of amidine groups is 1. The number of hydrogen-bond acceptors (Lipinski definition) is 3. The van der Waals surface area contributed by atoms with Crippen molar-refractivity contribution in [2.75, 3.05) is 18.0 Å². The number of aromatic nitrogens is 1. The van der Waals surface area contributed by atoms with E-state index < -0.39 is 0 Å². The molecular formula is C17H24N4. The summed E-state index contributed by atoms with van der Waals surface area (Å²) in [5.74, 6) is 2.82. The molecule has 2 atom stereocenters. The van der Waals surface area contributed by atoms with E-state index in [2.05, 4.69) is 11.0 Å². The molecule has 4 heteroatoms. The summed E-state index contributed by atoms with van der Waals surface area (Å²) in [6, 6.07) is 2.15. The van der Waals surface area contributed by atoms with E-state index in [0.29, 0.717) is 0 Å². The SMILES string of the molecule is N=C(N)c1cc2c(nc1N1CC3CCCC3C1)CCCC2. The summed E-state index contributed by atoms with van der Waals surface area (Å²) in [4.78, 5) is 7.35. The number of nitrogens with two attached hydrogens (primary N) is 1. The molecule has 1 aromatic heterocycles. The van der Waals surface area contributed by atoms with Crippen molar-refractivity contribution in [1.29, 1.82) is 5.41 Å². The molecule has 0 aromatic carbocycles. The van der Waals surface area contributed by atoms with Crippen molar-refractivity contribution in [3.05, 3.63) is 22.9 Å². The highest BCUT2D eigenvalue weighted by atomic mass is 15.2. The van der Waals surface area contributed by atoms with Crippen molar-refractivity contribution < 1.29 is 0 Å². The van der Waals surface area contributed by atoms with Crippen LogP contribution in [0.25, 0.3) is 0 Å². The monoisotopic (exact) mass is 284 g/mol. The fraction of sp³-hybridized carbons (Fsp3) is 0.647. The highest BCUT2D eigenvalue weighted by Crippen LogP contribution is 2.40.